The number of hydrogen-bond acceptors (Lipinski definition) is 4. The van der Waals surface area contributed by atoms with Gasteiger partial charge in [0.05, 0.1) is 5.52 Å². The first kappa shape index (κ1) is 10.4. The van der Waals surface area contributed by atoms with E-state index in [0.717, 1.165) is 10.9 Å². The average molecular weight is 239 g/mol. The maximum atomic E-state index is 12.0. The molecule has 2 N–H and O–H groups in total. The Hall–Kier alpha value is -2.76. The van der Waals surface area contributed by atoms with E-state index < -0.39 is 0 Å². The number of carbonyl (C=O) groups is 1. The summed E-state index contributed by atoms with van der Waals surface area (Å²) in [5.41, 5.74) is 1.15. The van der Waals surface area contributed by atoms with Gasteiger partial charge in [0.1, 0.15) is 0 Å². The van der Waals surface area contributed by atoms with E-state index in [0.29, 0.717) is 5.69 Å². The Kier molecular flexibility index (Phi) is 2.45. The molecule has 0 atom stereocenters. The van der Waals surface area contributed by atoms with Gasteiger partial charge in [-0.25, -0.2) is 9.97 Å². The van der Waals surface area contributed by atoms with Crippen molar-refractivity contribution in [3.8, 4) is 0 Å². The van der Waals surface area contributed by atoms with Gasteiger partial charge in [0.15, 0.2) is 5.69 Å². The van der Waals surface area contributed by atoms with E-state index in [4.69, 9.17) is 0 Å². The lowest BCUT2D eigenvalue weighted by atomic mass is 10.2. The normalized spacial score (nSPS) is 10.4. The summed E-state index contributed by atoms with van der Waals surface area (Å²) in [6.45, 7) is 0. The molecule has 0 unspecified atom stereocenters. The van der Waals surface area contributed by atoms with Crippen LogP contribution in [0.4, 0.5) is 5.95 Å². The number of hydrogen-bond donors (Lipinski definition) is 2. The molecule has 2 heterocycles. The molecule has 0 saturated heterocycles. The molecule has 0 fully saturated rings. The van der Waals surface area contributed by atoms with Crippen LogP contribution < -0.4 is 5.32 Å². The van der Waals surface area contributed by atoms with Gasteiger partial charge in [-0.05, 0) is 12.1 Å². The highest BCUT2D eigenvalue weighted by molar-refractivity contribution is 6.10. The Labute approximate surface area is 102 Å². The number of benzene rings is 1. The summed E-state index contributed by atoms with van der Waals surface area (Å²) in [5, 5.41) is 10.2. The molecule has 3 rings (SSSR count). The van der Waals surface area contributed by atoms with Crippen molar-refractivity contribution in [2.45, 2.75) is 0 Å². The predicted molar refractivity (Wildman–Crippen MR) is 66.1 cm³/mol. The number of rotatable bonds is 2. The highest BCUT2D eigenvalue weighted by Crippen LogP contribution is 2.15. The number of para-hydroxylation sites is 1. The highest BCUT2D eigenvalue weighted by Gasteiger charge is 2.14. The Morgan fingerprint density at radius 3 is 2.72 bits per heavy atom. The third kappa shape index (κ3) is 1.80. The van der Waals surface area contributed by atoms with Gasteiger partial charge in [-0.1, -0.05) is 18.2 Å². The van der Waals surface area contributed by atoms with Crippen LogP contribution in [-0.2, 0) is 0 Å². The number of carbonyl (C=O) groups excluding carboxylic acids is 1. The largest absolute Gasteiger partial charge is 0.289 e. The molecular formula is C12H9N5O. The van der Waals surface area contributed by atoms with E-state index in [1.54, 1.807) is 18.5 Å². The summed E-state index contributed by atoms with van der Waals surface area (Å²) in [6.07, 6.45) is 3.12. The van der Waals surface area contributed by atoms with Gasteiger partial charge < -0.3 is 0 Å². The Bertz CT molecular complexity index is 692. The van der Waals surface area contributed by atoms with Crippen LogP contribution in [0.1, 0.15) is 10.5 Å². The number of nitrogens with zero attached hydrogens (tertiary/aromatic N) is 3. The highest BCUT2D eigenvalue weighted by atomic mass is 16.2. The lowest BCUT2D eigenvalue weighted by Crippen LogP contribution is -2.14. The van der Waals surface area contributed by atoms with Crippen LogP contribution in [0.2, 0.25) is 0 Å². The monoisotopic (exact) mass is 239 g/mol. The van der Waals surface area contributed by atoms with Gasteiger partial charge in [0.25, 0.3) is 5.91 Å². The molecule has 18 heavy (non-hydrogen) atoms. The van der Waals surface area contributed by atoms with Crippen LogP contribution in [0.5, 0.6) is 0 Å². The number of nitrogens with one attached hydrogen (secondary N) is 2. The minimum absolute atomic E-state index is 0.259. The zero-order valence-corrected chi connectivity index (χ0v) is 9.29. The first-order valence-electron chi connectivity index (χ1n) is 5.36. The fourth-order valence-electron chi connectivity index (χ4n) is 1.66. The molecule has 0 aliphatic rings. The van der Waals surface area contributed by atoms with E-state index in [1.165, 1.54) is 0 Å². The van der Waals surface area contributed by atoms with Crippen molar-refractivity contribution in [3.05, 3.63) is 48.4 Å². The molecule has 0 radical (unpaired) electrons. The molecule has 6 heteroatoms. The van der Waals surface area contributed by atoms with Crippen molar-refractivity contribution < 1.29 is 4.79 Å². The molecular weight excluding hydrogens is 230 g/mol. The lowest BCUT2D eigenvalue weighted by Gasteiger charge is -2.00. The van der Waals surface area contributed by atoms with Gasteiger partial charge in [-0.15, -0.1) is 0 Å². The van der Waals surface area contributed by atoms with Gasteiger partial charge in [0, 0.05) is 17.8 Å². The standard InChI is InChI=1S/C12H9N5O/c18-11(15-12-13-6-3-7-14-12)10-8-4-1-2-5-9(8)16-17-10/h1-7H,(H,16,17)(H,13,14,15,18). The number of aromatic amines is 1. The zero-order valence-electron chi connectivity index (χ0n) is 9.29. The first-order valence-corrected chi connectivity index (χ1v) is 5.36. The molecule has 0 saturated carbocycles. The smallest absolute Gasteiger partial charge is 0.279 e. The molecule has 2 aromatic heterocycles. The Morgan fingerprint density at radius 2 is 1.89 bits per heavy atom. The quantitative estimate of drug-likeness (QED) is 0.711. The summed E-state index contributed by atoms with van der Waals surface area (Å²) in [5.74, 6) is -0.0757. The van der Waals surface area contributed by atoms with E-state index in [2.05, 4.69) is 25.5 Å². The fourth-order valence-corrected chi connectivity index (χ4v) is 1.66. The van der Waals surface area contributed by atoms with Crippen LogP contribution in [-0.4, -0.2) is 26.1 Å². The molecule has 0 aliphatic heterocycles. The second kappa shape index (κ2) is 4.25. The van der Waals surface area contributed by atoms with Crippen LogP contribution in [0.3, 0.4) is 0 Å². The number of fused-ring (bicyclic) bond motifs is 1. The van der Waals surface area contributed by atoms with Crippen molar-refractivity contribution in [2.75, 3.05) is 5.32 Å². The molecule has 3 aromatic rings. The third-order valence-corrected chi connectivity index (χ3v) is 2.48. The maximum Gasteiger partial charge on any atom is 0.279 e. The number of anilines is 1. The van der Waals surface area contributed by atoms with Crippen molar-refractivity contribution in [3.63, 3.8) is 0 Å². The second-order valence-corrected chi connectivity index (χ2v) is 3.64. The second-order valence-electron chi connectivity index (χ2n) is 3.64. The predicted octanol–water partition coefficient (Wildman–Crippen LogP) is 1.61. The van der Waals surface area contributed by atoms with Crippen molar-refractivity contribution in [1.29, 1.82) is 0 Å². The van der Waals surface area contributed by atoms with Gasteiger partial charge in [-0.2, -0.15) is 5.10 Å². The number of H-pyrrole nitrogens is 1. The first-order chi connectivity index (χ1) is 8.84. The maximum absolute atomic E-state index is 12.0. The molecule has 1 amide bonds. The van der Waals surface area contributed by atoms with Crippen LogP contribution in [0.25, 0.3) is 10.9 Å². The molecule has 0 spiro atoms. The van der Waals surface area contributed by atoms with E-state index in [9.17, 15) is 4.79 Å². The Morgan fingerprint density at radius 1 is 1.11 bits per heavy atom. The number of aromatic nitrogens is 4. The van der Waals surface area contributed by atoms with Crippen molar-refractivity contribution in [2.24, 2.45) is 0 Å². The van der Waals surface area contributed by atoms with Crippen LogP contribution >= 0.6 is 0 Å². The van der Waals surface area contributed by atoms with Crippen molar-refractivity contribution in [1.82, 2.24) is 20.2 Å². The summed E-state index contributed by atoms with van der Waals surface area (Å²) in [7, 11) is 0. The fraction of sp³-hybridized carbons (Fsp3) is 0. The molecule has 88 valence electrons. The Balaban J connectivity index is 1.93. The minimum Gasteiger partial charge on any atom is -0.289 e. The van der Waals surface area contributed by atoms with E-state index >= 15 is 0 Å². The molecule has 1 aromatic carbocycles. The van der Waals surface area contributed by atoms with Gasteiger partial charge in [-0.3, -0.25) is 15.2 Å². The van der Waals surface area contributed by atoms with Gasteiger partial charge in [0.2, 0.25) is 5.95 Å². The average Bonchev–Trinajstić information content (AvgIpc) is 2.84. The van der Waals surface area contributed by atoms with Crippen molar-refractivity contribution >= 4 is 22.8 Å². The summed E-state index contributed by atoms with van der Waals surface area (Å²) >= 11 is 0. The zero-order chi connectivity index (χ0) is 12.4. The molecule has 0 bridgehead atoms. The van der Waals surface area contributed by atoms with Gasteiger partial charge >= 0.3 is 0 Å². The topological polar surface area (TPSA) is 83.6 Å². The van der Waals surface area contributed by atoms with E-state index in [1.807, 2.05) is 24.3 Å². The molecule has 6 nitrogen and oxygen atoms in total. The summed E-state index contributed by atoms with van der Waals surface area (Å²) < 4.78 is 0. The summed E-state index contributed by atoms with van der Waals surface area (Å²) in [6, 6.07) is 9.10. The van der Waals surface area contributed by atoms with Crippen LogP contribution in [0.15, 0.2) is 42.7 Å². The van der Waals surface area contributed by atoms with E-state index in [-0.39, 0.29) is 11.9 Å². The SMILES string of the molecule is O=C(Nc1ncccn1)c1n[nH]c2ccccc12. The molecule has 0 aliphatic carbocycles. The third-order valence-electron chi connectivity index (χ3n) is 2.48. The minimum atomic E-state index is -0.335. The van der Waals surface area contributed by atoms with Crippen LogP contribution in [0, 0.1) is 0 Å². The number of amides is 1. The lowest BCUT2D eigenvalue weighted by molar-refractivity contribution is 0.102. The summed E-state index contributed by atoms with van der Waals surface area (Å²) in [4.78, 5) is 19.9.